The van der Waals surface area contributed by atoms with Crippen LogP contribution >= 0.6 is 15.9 Å². The van der Waals surface area contributed by atoms with Gasteiger partial charge in [0.25, 0.3) is 0 Å². The largest absolute Gasteiger partial charge is 0.449 e. The van der Waals surface area contributed by atoms with Crippen LogP contribution in [0.15, 0.2) is 16.7 Å². The second-order valence-corrected chi connectivity index (χ2v) is 6.11. The third-order valence-electron chi connectivity index (χ3n) is 3.57. The van der Waals surface area contributed by atoms with Crippen molar-refractivity contribution in [1.29, 1.82) is 0 Å². The Morgan fingerprint density at radius 2 is 2.13 bits per heavy atom. The molecule has 1 amide bonds. The van der Waals surface area contributed by atoms with Gasteiger partial charge in [-0.3, -0.25) is 10.1 Å². The molecule has 1 fully saturated rings. The first-order chi connectivity index (χ1) is 11.0. The first kappa shape index (κ1) is 17.5. The number of aromatic nitrogens is 1. The number of halogens is 1. The Morgan fingerprint density at radius 3 is 2.74 bits per heavy atom. The SMILES string of the molecule is CCCCOC(=O)N1CCN(c2ncc(Br)cc2[N+](=O)[O-])CC1. The Balaban J connectivity index is 1.97. The second kappa shape index (κ2) is 8.09. The van der Waals surface area contributed by atoms with E-state index < -0.39 is 4.92 Å². The van der Waals surface area contributed by atoms with Crippen molar-refractivity contribution >= 4 is 33.5 Å². The number of carbonyl (C=O) groups is 1. The topological polar surface area (TPSA) is 88.8 Å². The molecule has 0 N–H and O–H groups in total. The van der Waals surface area contributed by atoms with Crippen LogP contribution in [0.4, 0.5) is 16.3 Å². The van der Waals surface area contributed by atoms with Gasteiger partial charge in [-0.1, -0.05) is 13.3 Å². The average molecular weight is 387 g/mol. The minimum Gasteiger partial charge on any atom is -0.449 e. The van der Waals surface area contributed by atoms with Gasteiger partial charge in [0.15, 0.2) is 0 Å². The third kappa shape index (κ3) is 4.54. The van der Waals surface area contributed by atoms with Gasteiger partial charge in [0, 0.05) is 42.9 Å². The van der Waals surface area contributed by atoms with Crippen LogP contribution in [0.1, 0.15) is 19.8 Å². The van der Waals surface area contributed by atoms with Crippen molar-refractivity contribution in [3.05, 3.63) is 26.9 Å². The number of nitrogens with zero attached hydrogens (tertiary/aromatic N) is 4. The summed E-state index contributed by atoms with van der Waals surface area (Å²) < 4.78 is 5.74. The number of carbonyl (C=O) groups excluding carboxylic acids is 1. The van der Waals surface area contributed by atoms with Gasteiger partial charge < -0.3 is 14.5 Å². The predicted molar refractivity (Wildman–Crippen MR) is 88.6 cm³/mol. The van der Waals surface area contributed by atoms with Crippen molar-refractivity contribution in [1.82, 2.24) is 9.88 Å². The number of piperazine rings is 1. The molecule has 0 saturated carbocycles. The van der Waals surface area contributed by atoms with Crippen LogP contribution in [0.5, 0.6) is 0 Å². The molecule has 0 unspecified atom stereocenters. The van der Waals surface area contributed by atoms with E-state index in [9.17, 15) is 14.9 Å². The zero-order valence-electron chi connectivity index (χ0n) is 12.9. The van der Waals surface area contributed by atoms with E-state index in [1.165, 1.54) is 12.3 Å². The van der Waals surface area contributed by atoms with E-state index in [-0.39, 0.29) is 11.8 Å². The van der Waals surface area contributed by atoms with Crippen molar-refractivity contribution in [2.75, 3.05) is 37.7 Å². The summed E-state index contributed by atoms with van der Waals surface area (Å²) in [5.74, 6) is 0.331. The van der Waals surface area contributed by atoms with Crippen molar-refractivity contribution < 1.29 is 14.5 Å². The molecule has 0 atom stereocenters. The minimum atomic E-state index is -0.446. The van der Waals surface area contributed by atoms with Crippen LogP contribution in [0.3, 0.4) is 0 Å². The standard InChI is InChI=1S/C14H19BrN4O4/c1-2-3-8-23-14(20)18-6-4-17(5-7-18)13-12(19(21)22)9-11(15)10-16-13/h9-10H,2-8H2,1H3. The van der Waals surface area contributed by atoms with Crippen LogP contribution in [0.25, 0.3) is 0 Å². The summed E-state index contributed by atoms with van der Waals surface area (Å²) in [6, 6.07) is 1.44. The lowest BCUT2D eigenvalue weighted by molar-refractivity contribution is -0.384. The number of hydrogen-bond donors (Lipinski definition) is 0. The lowest BCUT2D eigenvalue weighted by Crippen LogP contribution is -2.49. The molecule has 0 aliphatic carbocycles. The molecule has 2 heterocycles. The maximum Gasteiger partial charge on any atom is 0.409 e. The maximum atomic E-state index is 11.9. The normalized spacial score (nSPS) is 14.7. The number of anilines is 1. The van der Waals surface area contributed by atoms with E-state index in [0.29, 0.717) is 43.1 Å². The van der Waals surface area contributed by atoms with Gasteiger partial charge in [-0.2, -0.15) is 0 Å². The number of amides is 1. The molecule has 0 spiro atoms. The molecule has 0 bridgehead atoms. The molecule has 1 aromatic heterocycles. The van der Waals surface area contributed by atoms with Crippen molar-refractivity contribution in [2.45, 2.75) is 19.8 Å². The molecular weight excluding hydrogens is 368 g/mol. The van der Waals surface area contributed by atoms with E-state index >= 15 is 0 Å². The van der Waals surface area contributed by atoms with Crippen molar-refractivity contribution in [2.24, 2.45) is 0 Å². The van der Waals surface area contributed by atoms with Crippen LogP contribution in [0, 0.1) is 10.1 Å². The van der Waals surface area contributed by atoms with E-state index in [2.05, 4.69) is 20.9 Å². The van der Waals surface area contributed by atoms with Gasteiger partial charge in [0.2, 0.25) is 5.82 Å². The third-order valence-corrected chi connectivity index (χ3v) is 4.01. The van der Waals surface area contributed by atoms with Crippen molar-refractivity contribution in [3.8, 4) is 0 Å². The summed E-state index contributed by atoms with van der Waals surface area (Å²) in [5.41, 5.74) is -0.0432. The highest BCUT2D eigenvalue weighted by Crippen LogP contribution is 2.29. The molecule has 0 radical (unpaired) electrons. The number of nitro groups is 1. The van der Waals surface area contributed by atoms with Gasteiger partial charge >= 0.3 is 11.8 Å². The highest BCUT2D eigenvalue weighted by atomic mass is 79.9. The summed E-state index contributed by atoms with van der Waals surface area (Å²) in [7, 11) is 0. The summed E-state index contributed by atoms with van der Waals surface area (Å²) in [6.45, 7) is 4.34. The summed E-state index contributed by atoms with van der Waals surface area (Å²) >= 11 is 3.19. The van der Waals surface area contributed by atoms with Gasteiger partial charge in [-0.25, -0.2) is 9.78 Å². The molecule has 9 heteroatoms. The first-order valence-electron chi connectivity index (χ1n) is 7.49. The lowest BCUT2D eigenvalue weighted by Gasteiger charge is -2.34. The second-order valence-electron chi connectivity index (χ2n) is 5.20. The zero-order valence-corrected chi connectivity index (χ0v) is 14.5. The molecule has 23 heavy (non-hydrogen) atoms. The Bertz CT molecular complexity index is 576. The van der Waals surface area contributed by atoms with Gasteiger partial charge in [-0.15, -0.1) is 0 Å². The van der Waals surface area contributed by atoms with E-state index in [1.54, 1.807) is 4.90 Å². The molecule has 1 aliphatic heterocycles. The fourth-order valence-corrected chi connectivity index (χ4v) is 2.61. The Kier molecular flexibility index (Phi) is 6.14. The molecule has 1 aliphatic rings. The minimum absolute atomic E-state index is 0.0432. The fraction of sp³-hybridized carbons (Fsp3) is 0.571. The monoisotopic (exact) mass is 386 g/mol. The molecule has 126 valence electrons. The van der Waals surface area contributed by atoms with Crippen LogP contribution in [0.2, 0.25) is 0 Å². The first-order valence-corrected chi connectivity index (χ1v) is 8.28. The number of hydrogen-bond acceptors (Lipinski definition) is 6. The summed E-state index contributed by atoms with van der Waals surface area (Å²) in [5, 5.41) is 11.2. The zero-order chi connectivity index (χ0) is 16.8. The van der Waals surface area contributed by atoms with E-state index in [0.717, 1.165) is 12.8 Å². The van der Waals surface area contributed by atoms with Gasteiger partial charge in [0.05, 0.1) is 11.5 Å². The van der Waals surface area contributed by atoms with E-state index in [4.69, 9.17) is 4.74 Å². The number of ether oxygens (including phenoxy) is 1. The smallest absolute Gasteiger partial charge is 0.409 e. The predicted octanol–water partition coefficient (Wildman–Crippen LogP) is 2.81. The van der Waals surface area contributed by atoms with Crippen LogP contribution in [-0.2, 0) is 4.74 Å². The van der Waals surface area contributed by atoms with Crippen LogP contribution in [-0.4, -0.2) is 53.7 Å². The highest BCUT2D eigenvalue weighted by molar-refractivity contribution is 9.10. The summed E-state index contributed by atoms with van der Waals surface area (Å²) in [4.78, 5) is 30.2. The molecule has 0 aromatic carbocycles. The number of unbranched alkanes of at least 4 members (excludes halogenated alkanes) is 1. The Labute approximate surface area is 142 Å². The fourth-order valence-electron chi connectivity index (χ4n) is 2.30. The summed E-state index contributed by atoms with van der Waals surface area (Å²) in [6.07, 6.45) is 3.03. The quantitative estimate of drug-likeness (QED) is 0.439. The van der Waals surface area contributed by atoms with Gasteiger partial charge in [-0.05, 0) is 22.4 Å². The lowest BCUT2D eigenvalue weighted by atomic mass is 10.3. The number of rotatable bonds is 5. The highest BCUT2D eigenvalue weighted by Gasteiger charge is 2.27. The van der Waals surface area contributed by atoms with Crippen LogP contribution < -0.4 is 4.90 Å². The van der Waals surface area contributed by atoms with Gasteiger partial charge in [0.1, 0.15) is 0 Å². The Hall–Kier alpha value is -1.90. The molecule has 2 rings (SSSR count). The molecule has 1 saturated heterocycles. The number of pyridine rings is 1. The average Bonchev–Trinajstić information content (AvgIpc) is 2.55. The molecular formula is C14H19BrN4O4. The maximum absolute atomic E-state index is 11.9. The molecule has 1 aromatic rings. The van der Waals surface area contributed by atoms with Crippen molar-refractivity contribution in [3.63, 3.8) is 0 Å². The van der Waals surface area contributed by atoms with E-state index in [1.807, 2.05) is 11.8 Å². The molecule has 8 nitrogen and oxygen atoms in total. The Morgan fingerprint density at radius 1 is 1.43 bits per heavy atom.